The van der Waals surface area contributed by atoms with Crippen LogP contribution in [0, 0.1) is 0 Å². The van der Waals surface area contributed by atoms with Crippen LogP contribution in [0.4, 0.5) is 0 Å². The lowest BCUT2D eigenvalue weighted by Crippen LogP contribution is -2.26. The first-order valence-electron chi connectivity index (χ1n) is 10.7. The van der Waals surface area contributed by atoms with Gasteiger partial charge in [0.05, 0.1) is 32.8 Å². The molecule has 32 heavy (non-hydrogen) atoms. The Hall–Kier alpha value is -2.41. The minimum Gasteiger partial charge on any atom is -0.350 e. The Morgan fingerprint density at radius 3 is 2.78 bits per heavy atom. The topological polar surface area (TPSA) is 59.8 Å². The Morgan fingerprint density at radius 1 is 1.09 bits per heavy atom. The molecule has 164 valence electrons. The van der Waals surface area contributed by atoms with Gasteiger partial charge in [-0.2, -0.15) is 5.10 Å². The second kappa shape index (κ2) is 9.22. The molecule has 0 spiro atoms. The molecule has 0 unspecified atom stereocenters. The smallest absolute Gasteiger partial charge is 0.272 e. The number of para-hydroxylation sites is 1. The van der Waals surface area contributed by atoms with Crippen molar-refractivity contribution in [1.29, 1.82) is 0 Å². The molecular weight excluding hydrogens is 463 g/mol. The Balaban J connectivity index is 1.31. The number of rotatable bonds is 6. The summed E-state index contributed by atoms with van der Waals surface area (Å²) < 4.78 is 1.83. The maximum atomic E-state index is 13.0. The number of nitrogens with zero attached hydrogens (tertiary/aromatic N) is 3. The van der Waals surface area contributed by atoms with Crippen molar-refractivity contribution in [3.8, 4) is 0 Å². The summed E-state index contributed by atoms with van der Waals surface area (Å²) in [5.41, 5.74) is 3.55. The van der Waals surface area contributed by atoms with Gasteiger partial charge in [0.15, 0.2) is 5.69 Å². The zero-order chi connectivity index (χ0) is 22.1. The number of benzene rings is 2. The SMILES string of the molecule is O=C(NCCc1nc2c(s1)CCCC2)c1nn(Cc2ccc(Cl)c(Cl)c2)c2ccccc12. The van der Waals surface area contributed by atoms with Gasteiger partial charge in [0, 0.05) is 23.2 Å². The van der Waals surface area contributed by atoms with E-state index in [9.17, 15) is 4.79 Å². The maximum Gasteiger partial charge on any atom is 0.272 e. The van der Waals surface area contributed by atoms with Gasteiger partial charge in [-0.1, -0.05) is 47.5 Å². The molecule has 2 heterocycles. The van der Waals surface area contributed by atoms with Crippen LogP contribution in [-0.4, -0.2) is 27.2 Å². The molecule has 5 nitrogen and oxygen atoms in total. The minimum atomic E-state index is -0.171. The van der Waals surface area contributed by atoms with E-state index in [0.29, 0.717) is 28.8 Å². The molecule has 0 atom stereocenters. The van der Waals surface area contributed by atoms with Gasteiger partial charge in [0.1, 0.15) is 0 Å². The lowest BCUT2D eigenvalue weighted by Gasteiger charge is -2.06. The summed E-state index contributed by atoms with van der Waals surface area (Å²) in [5.74, 6) is -0.171. The van der Waals surface area contributed by atoms with Crippen LogP contribution in [0.15, 0.2) is 42.5 Å². The van der Waals surface area contributed by atoms with Gasteiger partial charge in [0.2, 0.25) is 0 Å². The van der Waals surface area contributed by atoms with E-state index in [4.69, 9.17) is 28.2 Å². The molecule has 1 N–H and O–H groups in total. The van der Waals surface area contributed by atoms with Crippen LogP contribution in [0.25, 0.3) is 10.9 Å². The van der Waals surface area contributed by atoms with E-state index in [0.717, 1.165) is 40.7 Å². The molecule has 0 saturated carbocycles. The average Bonchev–Trinajstić information content (AvgIpc) is 3.38. The number of hydrogen-bond acceptors (Lipinski definition) is 4. The molecule has 2 aromatic heterocycles. The number of nitrogens with one attached hydrogen (secondary N) is 1. The standard InChI is InChI=1S/C24H22Cl2N4OS/c25-17-10-9-15(13-18(17)26)14-30-20-7-3-1-5-16(20)23(29-30)24(31)27-12-11-22-28-19-6-2-4-8-21(19)32-22/h1,3,5,7,9-10,13H,2,4,6,8,11-12,14H2,(H,27,31). The van der Waals surface area contributed by atoms with E-state index >= 15 is 0 Å². The Labute approximate surface area is 200 Å². The second-order valence-corrected chi connectivity index (χ2v) is 9.94. The van der Waals surface area contributed by atoms with Crippen LogP contribution in [0.5, 0.6) is 0 Å². The normalized spacial score (nSPS) is 13.3. The summed E-state index contributed by atoms with van der Waals surface area (Å²) in [6.07, 6.45) is 5.45. The molecule has 1 aliphatic rings. The third kappa shape index (κ3) is 4.40. The monoisotopic (exact) mass is 484 g/mol. The molecule has 0 bridgehead atoms. The number of fused-ring (bicyclic) bond motifs is 2. The Bertz CT molecular complexity index is 1270. The van der Waals surface area contributed by atoms with E-state index in [1.165, 1.54) is 23.4 Å². The lowest BCUT2D eigenvalue weighted by molar-refractivity contribution is 0.0950. The summed E-state index contributed by atoms with van der Waals surface area (Å²) >= 11 is 14.0. The van der Waals surface area contributed by atoms with Crippen molar-refractivity contribution in [2.45, 2.75) is 38.6 Å². The fourth-order valence-electron chi connectivity index (χ4n) is 4.11. The largest absolute Gasteiger partial charge is 0.350 e. The summed E-state index contributed by atoms with van der Waals surface area (Å²) in [4.78, 5) is 19.1. The molecule has 1 aliphatic carbocycles. The molecule has 0 aliphatic heterocycles. The lowest BCUT2D eigenvalue weighted by atomic mass is 10.0. The molecule has 0 fully saturated rings. The predicted molar refractivity (Wildman–Crippen MR) is 130 cm³/mol. The quantitative estimate of drug-likeness (QED) is 0.381. The maximum absolute atomic E-state index is 13.0. The summed E-state index contributed by atoms with van der Waals surface area (Å²) in [6, 6.07) is 13.3. The third-order valence-electron chi connectivity index (χ3n) is 5.70. The second-order valence-electron chi connectivity index (χ2n) is 7.96. The first-order chi connectivity index (χ1) is 15.6. The summed E-state index contributed by atoms with van der Waals surface area (Å²) in [5, 5.41) is 10.6. The molecule has 4 aromatic rings. The van der Waals surface area contributed by atoms with Gasteiger partial charge < -0.3 is 5.32 Å². The molecule has 0 saturated heterocycles. The summed E-state index contributed by atoms with van der Waals surface area (Å²) in [7, 11) is 0. The summed E-state index contributed by atoms with van der Waals surface area (Å²) in [6.45, 7) is 1.04. The predicted octanol–water partition coefficient (Wildman–Crippen LogP) is 5.70. The number of carbonyl (C=O) groups excluding carboxylic acids is 1. The molecule has 0 radical (unpaired) electrons. The van der Waals surface area contributed by atoms with Gasteiger partial charge >= 0.3 is 0 Å². The fourth-order valence-corrected chi connectivity index (χ4v) is 5.58. The van der Waals surface area contributed by atoms with Crippen molar-refractivity contribution in [3.05, 3.63) is 79.3 Å². The van der Waals surface area contributed by atoms with Crippen LogP contribution in [-0.2, 0) is 25.8 Å². The zero-order valence-electron chi connectivity index (χ0n) is 17.4. The highest BCUT2D eigenvalue weighted by Crippen LogP contribution is 2.27. The van der Waals surface area contributed by atoms with Crippen molar-refractivity contribution in [2.75, 3.05) is 6.54 Å². The fraction of sp³-hybridized carbons (Fsp3) is 0.292. The van der Waals surface area contributed by atoms with Gasteiger partial charge in [-0.25, -0.2) is 4.98 Å². The van der Waals surface area contributed by atoms with Crippen LogP contribution in [0.3, 0.4) is 0 Å². The molecule has 2 aromatic carbocycles. The number of halogens is 2. The third-order valence-corrected chi connectivity index (χ3v) is 7.66. The first-order valence-corrected chi connectivity index (χ1v) is 12.3. The van der Waals surface area contributed by atoms with Crippen molar-refractivity contribution in [1.82, 2.24) is 20.1 Å². The van der Waals surface area contributed by atoms with Crippen LogP contribution < -0.4 is 5.32 Å². The van der Waals surface area contributed by atoms with Gasteiger partial charge in [-0.05, 0) is 49.4 Å². The van der Waals surface area contributed by atoms with Crippen LogP contribution in [0.1, 0.15) is 44.5 Å². The minimum absolute atomic E-state index is 0.171. The van der Waals surface area contributed by atoms with E-state index < -0.39 is 0 Å². The van der Waals surface area contributed by atoms with Gasteiger partial charge in [-0.15, -0.1) is 11.3 Å². The van der Waals surface area contributed by atoms with E-state index in [1.807, 2.05) is 41.1 Å². The molecule has 1 amide bonds. The Kier molecular flexibility index (Phi) is 6.17. The van der Waals surface area contributed by atoms with Crippen molar-refractivity contribution in [3.63, 3.8) is 0 Å². The van der Waals surface area contributed by atoms with Crippen LogP contribution >= 0.6 is 34.5 Å². The van der Waals surface area contributed by atoms with E-state index in [-0.39, 0.29) is 5.91 Å². The highest BCUT2D eigenvalue weighted by molar-refractivity contribution is 7.11. The number of hydrogen-bond donors (Lipinski definition) is 1. The first kappa shape index (κ1) is 21.4. The molecule has 8 heteroatoms. The molecular formula is C24H22Cl2N4OS. The molecule has 5 rings (SSSR count). The Morgan fingerprint density at radius 2 is 1.94 bits per heavy atom. The van der Waals surface area contributed by atoms with E-state index in [2.05, 4.69) is 10.4 Å². The van der Waals surface area contributed by atoms with Gasteiger partial charge in [-0.3, -0.25) is 9.48 Å². The highest BCUT2D eigenvalue weighted by Gasteiger charge is 2.18. The van der Waals surface area contributed by atoms with Gasteiger partial charge in [0.25, 0.3) is 5.91 Å². The number of aromatic nitrogens is 3. The zero-order valence-corrected chi connectivity index (χ0v) is 19.7. The van der Waals surface area contributed by atoms with Crippen molar-refractivity contribution >= 4 is 51.3 Å². The average molecular weight is 485 g/mol. The number of aryl methyl sites for hydroxylation is 2. The van der Waals surface area contributed by atoms with Crippen LogP contribution in [0.2, 0.25) is 10.0 Å². The van der Waals surface area contributed by atoms with Crippen molar-refractivity contribution in [2.24, 2.45) is 0 Å². The number of carbonyl (C=O) groups is 1. The van der Waals surface area contributed by atoms with Crippen molar-refractivity contribution < 1.29 is 4.79 Å². The highest BCUT2D eigenvalue weighted by atomic mass is 35.5. The number of amides is 1. The van der Waals surface area contributed by atoms with E-state index in [1.54, 1.807) is 17.4 Å². The number of thiazole rings is 1.